The van der Waals surface area contributed by atoms with E-state index in [1.807, 2.05) is 38.1 Å². The Labute approximate surface area is 147 Å². The molecule has 2 aromatic rings. The number of carbonyl (C=O) groups is 2. The topological polar surface area (TPSA) is 75.6 Å². The zero-order valence-electron chi connectivity index (χ0n) is 14.7. The third-order valence-corrected chi connectivity index (χ3v) is 4.22. The van der Waals surface area contributed by atoms with Crippen molar-refractivity contribution in [2.24, 2.45) is 0 Å². The Bertz CT molecular complexity index is 758. The molecule has 2 rings (SSSR count). The number of aliphatic carboxylic acids is 1. The molecule has 0 bridgehead atoms. The number of ether oxygens (including phenoxy) is 1. The van der Waals surface area contributed by atoms with E-state index in [2.05, 4.69) is 5.32 Å². The van der Waals surface area contributed by atoms with Gasteiger partial charge in [-0.05, 0) is 43.5 Å². The Hall–Kier alpha value is -2.82. The minimum absolute atomic E-state index is 0.0126. The van der Waals surface area contributed by atoms with Crippen LogP contribution in [0.4, 0.5) is 0 Å². The zero-order chi connectivity index (χ0) is 18.4. The molecule has 0 heterocycles. The summed E-state index contributed by atoms with van der Waals surface area (Å²) >= 11 is 0. The van der Waals surface area contributed by atoms with Crippen molar-refractivity contribution in [2.45, 2.75) is 26.2 Å². The maximum absolute atomic E-state index is 12.1. The second-order valence-corrected chi connectivity index (χ2v) is 6.34. The van der Waals surface area contributed by atoms with Crippen molar-refractivity contribution < 1.29 is 19.4 Å². The first-order chi connectivity index (χ1) is 11.8. The van der Waals surface area contributed by atoms with Crippen LogP contribution in [-0.2, 0) is 15.0 Å². The monoisotopic (exact) mass is 341 g/mol. The lowest BCUT2D eigenvalue weighted by Crippen LogP contribution is -2.45. The largest absolute Gasteiger partial charge is 0.483 e. The second-order valence-electron chi connectivity index (χ2n) is 6.34. The Morgan fingerprint density at radius 2 is 1.80 bits per heavy atom. The van der Waals surface area contributed by atoms with Gasteiger partial charge in [0.2, 0.25) is 0 Å². The third kappa shape index (κ3) is 4.59. The van der Waals surface area contributed by atoms with Gasteiger partial charge in [0.05, 0.1) is 0 Å². The highest BCUT2D eigenvalue weighted by atomic mass is 16.5. The summed E-state index contributed by atoms with van der Waals surface area (Å²) in [6.07, 6.45) is 0. The van der Waals surface area contributed by atoms with Crippen LogP contribution in [-0.4, -0.2) is 30.1 Å². The average Bonchev–Trinajstić information content (AvgIpc) is 2.61. The first kappa shape index (κ1) is 18.5. The minimum Gasteiger partial charge on any atom is -0.483 e. The average molecular weight is 341 g/mol. The van der Waals surface area contributed by atoms with Gasteiger partial charge in [-0.3, -0.25) is 9.59 Å². The standard InChI is InChI=1S/C20H23NO4/c1-14-9-10-15(2)17(11-14)25-12-18(22)21-13-20(3,19(23)24)16-7-5-4-6-8-16/h4-11H,12-13H2,1-3H3,(H,21,22)(H,23,24). The maximum Gasteiger partial charge on any atom is 0.315 e. The maximum atomic E-state index is 12.1. The van der Waals surface area contributed by atoms with Gasteiger partial charge in [0.1, 0.15) is 11.2 Å². The number of amides is 1. The molecule has 0 aliphatic rings. The number of rotatable bonds is 7. The molecule has 5 nitrogen and oxygen atoms in total. The summed E-state index contributed by atoms with van der Waals surface area (Å²) in [6, 6.07) is 14.6. The summed E-state index contributed by atoms with van der Waals surface area (Å²) in [4.78, 5) is 23.8. The van der Waals surface area contributed by atoms with E-state index in [0.29, 0.717) is 11.3 Å². The second kappa shape index (κ2) is 7.83. The molecule has 0 saturated carbocycles. The number of carbonyl (C=O) groups excluding carboxylic acids is 1. The highest BCUT2D eigenvalue weighted by Crippen LogP contribution is 2.23. The summed E-state index contributed by atoms with van der Waals surface area (Å²) in [5.41, 5.74) is 1.43. The van der Waals surface area contributed by atoms with Crippen molar-refractivity contribution in [3.05, 3.63) is 65.2 Å². The van der Waals surface area contributed by atoms with Crippen LogP contribution in [0.25, 0.3) is 0 Å². The fraction of sp³-hybridized carbons (Fsp3) is 0.300. The Morgan fingerprint density at radius 1 is 1.12 bits per heavy atom. The lowest BCUT2D eigenvalue weighted by molar-refractivity contribution is -0.143. The van der Waals surface area contributed by atoms with Crippen LogP contribution in [0, 0.1) is 13.8 Å². The molecule has 1 atom stereocenters. The van der Waals surface area contributed by atoms with E-state index in [0.717, 1.165) is 11.1 Å². The van der Waals surface area contributed by atoms with Gasteiger partial charge in [-0.25, -0.2) is 0 Å². The summed E-state index contributed by atoms with van der Waals surface area (Å²) in [5.74, 6) is -0.696. The van der Waals surface area contributed by atoms with E-state index in [1.54, 1.807) is 31.2 Å². The van der Waals surface area contributed by atoms with Crippen LogP contribution in [0.1, 0.15) is 23.6 Å². The van der Waals surface area contributed by atoms with E-state index in [1.165, 1.54) is 0 Å². The van der Waals surface area contributed by atoms with Gasteiger partial charge in [0, 0.05) is 6.54 Å². The molecule has 5 heteroatoms. The Kier molecular flexibility index (Phi) is 5.80. The summed E-state index contributed by atoms with van der Waals surface area (Å²) in [7, 11) is 0. The fourth-order valence-corrected chi connectivity index (χ4v) is 2.44. The number of nitrogens with one attached hydrogen (secondary N) is 1. The smallest absolute Gasteiger partial charge is 0.315 e. The van der Waals surface area contributed by atoms with Crippen LogP contribution < -0.4 is 10.1 Å². The molecule has 0 saturated heterocycles. The number of carboxylic acid groups (broad SMARTS) is 1. The fourth-order valence-electron chi connectivity index (χ4n) is 2.44. The summed E-state index contributed by atoms with van der Waals surface area (Å²) in [5, 5.41) is 12.3. The van der Waals surface area contributed by atoms with E-state index in [-0.39, 0.29) is 19.1 Å². The lowest BCUT2D eigenvalue weighted by atomic mass is 9.82. The molecular formula is C20H23NO4. The van der Waals surface area contributed by atoms with Crippen LogP contribution in [0.5, 0.6) is 5.75 Å². The van der Waals surface area contributed by atoms with Gasteiger partial charge in [-0.1, -0.05) is 42.5 Å². The highest BCUT2D eigenvalue weighted by Gasteiger charge is 2.35. The van der Waals surface area contributed by atoms with Crippen LogP contribution in [0.2, 0.25) is 0 Å². The van der Waals surface area contributed by atoms with Crippen LogP contribution in [0.15, 0.2) is 48.5 Å². The SMILES string of the molecule is Cc1ccc(C)c(OCC(=O)NCC(C)(C(=O)O)c2ccccc2)c1. The van der Waals surface area contributed by atoms with E-state index < -0.39 is 11.4 Å². The number of aryl methyl sites for hydroxylation is 2. The number of carboxylic acids is 1. The quantitative estimate of drug-likeness (QED) is 0.812. The Morgan fingerprint density at radius 3 is 2.44 bits per heavy atom. The molecule has 0 aliphatic carbocycles. The number of hydrogen-bond acceptors (Lipinski definition) is 3. The summed E-state index contributed by atoms with van der Waals surface area (Å²) in [6.45, 7) is 5.28. The van der Waals surface area contributed by atoms with Gasteiger partial charge in [-0.2, -0.15) is 0 Å². The van der Waals surface area contributed by atoms with Crippen molar-refractivity contribution in [3.63, 3.8) is 0 Å². The molecule has 1 unspecified atom stereocenters. The molecule has 0 spiro atoms. The Balaban J connectivity index is 1.98. The van der Waals surface area contributed by atoms with Gasteiger partial charge in [0.25, 0.3) is 5.91 Å². The van der Waals surface area contributed by atoms with Gasteiger partial charge in [0.15, 0.2) is 6.61 Å². The summed E-state index contributed by atoms with van der Waals surface area (Å²) < 4.78 is 5.55. The number of hydrogen-bond donors (Lipinski definition) is 2. The minimum atomic E-state index is -1.20. The molecule has 25 heavy (non-hydrogen) atoms. The number of benzene rings is 2. The molecule has 2 aromatic carbocycles. The van der Waals surface area contributed by atoms with Gasteiger partial charge in [-0.15, -0.1) is 0 Å². The molecule has 2 N–H and O–H groups in total. The van der Waals surface area contributed by atoms with E-state index >= 15 is 0 Å². The molecule has 132 valence electrons. The van der Waals surface area contributed by atoms with E-state index in [4.69, 9.17) is 4.74 Å². The van der Waals surface area contributed by atoms with Crippen LogP contribution in [0.3, 0.4) is 0 Å². The van der Waals surface area contributed by atoms with Crippen molar-refractivity contribution in [3.8, 4) is 5.75 Å². The molecule has 0 radical (unpaired) electrons. The van der Waals surface area contributed by atoms with Gasteiger partial charge < -0.3 is 15.2 Å². The van der Waals surface area contributed by atoms with E-state index in [9.17, 15) is 14.7 Å². The van der Waals surface area contributed by atoms with Crippen molar-refractivity contribution >= 4 is 11.9 Å². The van der Waals surface area contributed by atoms with Crippen LogP contribution >= 0.6 is 0 Å². The first-order valence-electron chi connectivity index (χ1n) is 8.08. The lowest BCUT2D eigenvalue weighted by Gasteiger charge is -2.25. The molecule has 1 amide bonds. The first-order valence-corrected chi connectivity index (χ1v) is 8.08. The predicted octanol–water partition coefficient (Wildman–Crippen LogP) is 2.84. The molecular weight excluding hydrogens is 318 g/mol. The molecule has 0 aromatic heterocycles. The van der Waals surface area contributed by atoms with Crippen molar-refractivity contribution in [2.75, 3.05) is 13.2 Å². The normalized spacial score (nSPS) is 12.9. The molecule has 0 fully saturated rings. The highest BCUT2D eigenvalue weighted by molar-refractivity contribution is 5.83. The van der Waals surface area contributed by atoms with Gasteiger partial charge >= 0.3 is 5.97 Å². The van der Waals surface area contributed by atoms with Crippen molar-refractivity contribution in [1.29, 1.82) is 0 Å². The zero-order valence-corrected chi connectivity index (χ0v) is 14.7. The van der Waals surface area contributed by atoms with Crippen molar-refractivity contribution in [1.82, 2.24) is 5.32 Å². The third-order valence-electron chi connectivity index (χ3n) is 4.22. The predicted molar refractivity (Wildman–Crippen MR) is 95.9 cm³/mol. The molecule has 0 aliphatic heterocycles.